The zero-order valence-corrected chi connectivity index (χ0v) is 12.3. The first-order valence-electron chi connectivity index (χ1n) is 7.83. The summed E-state index contributed by atoms with van der Waals surface area (Å²) in [5.41, 5.74) is 6.01. The maximum Gasteiger partial charge on any atom is 0.222 e. The van der Waals surface area contributed by atoms with Crippen LogP contribution < -0.4 is 11.1 Å². The maximum absolute atomic E-state index is 10.5. The predicted molar refractivity (Wildman–Crippen MR) is 81.0 cm³/mol. The lowest BCUT2D eigenvalue weighted by atomic mass is 9.80. The van der Waals surface area contributed by atoms with E-state index in [1.54, 1.807) is 0 Å². The van der Waals surface area contributed by atoms with Gasteiger partial charge in [-0.2, -0.15) is 4.98 Å². The summed E-state index contributed by atoms with van der Waals surface area (Å²) in [7, 11) is 0. The third kappa shape index (κ3) is 3.44. The van der Waals surface area contributed by atoms with Crippen molar-refractivity contribution in [2.24, 2.45) is 0 Å². The van der Waals surface area contributed by atoms with Crippen LogP contribution in [0.2, 0.25) is 0 Å². The van der Waals surface area contributed by atoms with Crippen molar-refractivity contribution in [1.29, 1.82) is 0 Å². The van der Waals surface area contributed by atoms with Crippen molar-refractivity contribution in [3.05, 3.63) is 11.8 Å². The molecule has 1 aromatic heterocycles. The lowest BCUT2D eigenvalue weighted by Gasteiger charge is -2.33. The summed E-state index contributed by atoms with van der Waals surface area (Å²) in [6, 6.07) is 1.89. The molecule has 0 unspecified atom stereocenters. The Morgan fingerprint density at radius 1 is 1.24 bits per heavy atom. The van der Waals surface area contributed by atoms with Gasteiger partial charge in [0.25, 0.3) is 0 Å². The standard InChI is InChI=1S/C15H24N4O2/c16-14-18-12(10-6-11(20)7-10)8-13(19-14)17-9-15(21)4-2-1-3-5-15/h8,10-11,20-21H,1-7,9H2,(H3,16,17,18,19). The van der Waals surface area contributed by atoms with Gasteiger partial charge >= 0.3 is 0 Å². The van der Waals surface area contributed by atoms with Gasteiger partial charge in [0.15, 0.2) is 0 Å². The summed E-state index contributed by atoms with van der Waals surface area (Å²) in [5.74, 6) is 1.17. The molecule has 6 heteroatoms. The van der Waals surface area contributed by atoms with Gasteiger partial charge in [0.2, 0.25) is 5.95 Å². The second kappa shape index (κ2) is 5.77. The van der Waals surface area contributed by atoms with Crippen LogP contribution in [0.3, 0.4) is 0 Å². The Morgan fingerprint density at radius 3 is 2.62 bits per heavy atom. The van der Waals surface area contributed by atoms with Crippen LogP contribution in [-0.4, -0.2) is 38.4 Å². The Hall–Kier alpha value is -1.40. The van der Waals surface area contributed by atoms with E-state index in [0.29, 0.717) is 12.4 Å². The van der Waals surface area contributed by atoms with Crippen molar-refractivity contribution in [2.45, 2.75) is 62.6 Å². The predicted octanol–water partition coefficient (Wildman–Crippen LogP) is 1.40. The minimum absolute atomic E-state index is 0.217. The van der Waals surface area contributed by atoms with E-state index in [4.69, 9.17) is 5.73 Å². The fraction of sp³-hybridized carbons (Fsp3) is 0.733. The van der Waals surface area contributed by atoms with Gasteiger partial charge in [0.05, 0.1) is 17.4 Å². The number of nitrogen functional groups attached to an aromatic ring is 1. The van der Waals surface area contributed by atoms with Crippen molar-refractivity contribution >= 4 is 11.8 Å². The second-order valence-corrected chi connectivity index (χ2v) is 6.50. The minimum Gasteiger partial charge on any atom is -0.393 e. The molecule has 3 rings (SSSR count). The minimum atomic E-state index is -0.634. The molecular formula is C15H24N4O2. The second-order valence-electron chi connectivity index (χ2n) is 6.50. The summed E-state index contributed by atoms with van der Waals surface area (Å²) in [5, 5.41) is 23.1. The molecule has 2 saturated carbocycles. The van der Waals surface area contributed by atoms with Crippen molar-refractivity contribution in [2.75, 3.05) is 17.6 Å². The summed E-state index contributed by atoms with van der Waals surface area (Å²) in [6.07, 6.45) is 6.29. The molecule has 21 heavy (non-hydrogen) atoms. The molecule has 2 aliphatic rings. The highest BCUT2D eigenvalue weighted by atomic mass is 16.3. The highest BCUT2D eigenvalue weighted by Gasteiger charge is 2.31. The molecule has 0 saturated heterocycles. The summed E-state index contributed by atoms with van der Waals surface area (Å²) < 4.78 is 0. The highest BCUT2D eigenvalue weighted by Crippen LogP contribution is 2.36. The number of hydrogen-bond donors (Lipinski definition) is 4. The Morgan fingerprint density at radius 2 is 1.95 bits per heavy atom. The van der Waals surface area contributed by atoms with E-state index in [1.165, 1.54) is 6.42 Å². The van der Waals surface area contributed by atoms with Crippen molar-refractivity contribution < 1.29 is 10.2 Å². The van der Waals surface area contributed by atoms with E-state index >= 15 is 0 Å². The molecule has 1 heterocycles. The van der Waals surface area contributed by atoms with Crippen LogP contribution >= 0.6 is 0 Å². The van der Waals surface area contributed by atoms with Crippen LogP contribution in [0.15, 0.2) is 6.07 Å². The van der Waals surface area contributed by atoms with Crippen molar-refractivity contribution in [3.63, 3.8) is 0 Å². The van der Waals surface area contributed by atoms with Gasteiger partial charge in [-0.05, 0) is 25.7 Å². The zero-order valence-electron chi connectivity index (χ0n) is 12.3. The monoisotopic (exact) mass is 292 g/mol. The largest absolute Gasteiger partial charge is 0.393 e. The van der Waals surface area contributed by atoms with Gasteiger partial charge in [-0.3, -0.25) is 0 Å². The number of anilines is 2. The number of hydrogen-bond acceptors (Lipinski definition) is 6. The molecular weight excluding hydrogens is 268 g/mol. The first-order chi connectivity index (χ1) is 10.0. The average molecular weight is 292 g/mol. The van der Waals surface area contributed by atoms with E-state index < -0.39 is 5.60 Å². The lowest BCUT2D eigenvalue weighted by molar-refractivity contribution is 0.0166. The molecule has 0 aliphatic heterocycles. The van der Waals surface area contributed by atoms with Crippen LogP contribution in [0, 0.1) is 0 Å². The number of rotatable bonds is 4. The summed E-state index contributed by atoms with van der Waals surface area (Å²) >= 11 is 0. The van der Waals surface area contributed by atoms with E-state index in [2.05, 4.69) is 15.3 Å². The third-order valence-electron chi connectivity index (χ3n) is 4.68. The fourth-order valence-electron chi connectivity index (χ4n) is 3.26. The van der Waals surface area contributed by atoms with Crippen LogP contribution in [0.1, 0.15) is 56.6 Å². The van der Waals surface area contributed by atoms with Gasteiger partial charge in [-0.15, -0.1) is 0 Å². The molecule has 116 valence electrons. The third-order valence-corrected chi connectivity index (χ3v) is 4.68. The van der Waals surface area contributed by atoms with Gasteiger partial charge in [-0.25, -0.2) is 4.98 Å². The van der Waals surface area contributed by atoms with Crippen LogP contribution in [0.4, 0.5) is 11.8 Å². The number of aliphatic hydroxyl groups is 2. The van der Waals surface area contributed by atoms with E-state index in [0.717, 1.165) is 44.2 Å². The van der Waals surface area contributed by atoms with E-state index in [-0.39, 0.29) is 18.0 Å². The van der Waals surface area contributed by atoms with Gasteiger partial charge in [0, 0.05) is 18.5 Å². The molecule has 0 aromatic carbocycles. The van der Waals surface area contributed by atoms with E-state index in [9.17, 15) is 10.2 Å². The SMILES string of the molecule is Nc1nc(NCC2(O)CCCCC2)cc(C2CC(O)C2)n1. The Balaban J connectivity index is 1.64. The van der Waals surface area contributed by atoms with Gasteiger partial charge in [-0.1, -0.05) is 19.3 Å². The first-order valence-corrected chi connectivity index (χ1v) is 7.83. The molecule has 0 radical (unpaired) electrons. The highest BCUT2D eigenvalue weighted by molar-refractivity contribution is 5.42. The van der Waals surface area contributed by atoms with Crippen molar-refractivity contribution in [3.8, 4) is 0 Å². The number of aromatic nitrogens is 2. The molecule has 0 amide bonds. The van der Waals surface area contributed by atoms with E-state index in [1.807, 2.05) is 6.07 Å². The molecule has 0 spiro atoms. The van der Waals surface area contributed by atoms with Gasteiger partial charge < -0.3 is 21.3 Å². The van der Waals surface area contributed by atoms with Crippen molar-refractivity contribution in [1.82, 2.24) is 9.97 Å². The van der Waals surface area contributed by atoms with Crippen LogP contribution in [0.25, 0.3) is 0 Å². The zero-order chi connectivity index (χ0) is 14.9. The summed E-state index contributed by atoms with van der Waals surface area (Å²) in [6.45, 7) is 0.496. The Labute approximate surface area is 124 Å². The molecule has 1 aromatic rings. The quantitative estimate of drug-likeness (QED) is 0.669. The van der Waals surface area contributed by atoms with Crippen LogP contribution in [0.5, 0.6) is 0 Å². The molecule has 5 N–H and O–H groups in total. The number of nitrogens with zero attached hydrogens (tertiary/aromatic N) is 2. The Bertz CT molecular complexity index is 496. The lowest BCUT2D eigenvalue weighted by Crippen LogP contribution is -2.39. The fourth-order valence-corrected chi connectivity index (χ4v) is 3.26. The number of nitrogens with two attached hydrogens (primary N) is 1. The molecule has 6 nitrogen and oxygen atoms in total. The number of aliphatic hydroxyl groups excluding tert-OH is 1. The normalized spacial score (nSPS) is 27.9. The molecule has 2 aliphatic carbocycles. The molecule has 0 atom stereocenters. The summed E-state index contributed by atoms with van der Waals surface area (Å²) in [4.78, 5) is 8.45. The van der Waals surface area contributed by atoms with Gasteiger partial charge in [0.1, 0.15) is 5.82 Å². The average Bonchev–Trinajstić information content (AvgIpc) is 2.42. The Kier molecular flexibility index (Phi) is 3.99. The number of nitrogens with one attached hydrogen (secondary N) is 1. The first kappa shape index (κ1) is 14.5. The topological polar surface area (TPSA) is 104 Å². The smallest absolute Gasteiger partial charge is 0.222 e. The molecule has 2 fully saturated rings. The molecule has 0 bridgehead atoms. The van der Waals surface area contributed by atoms with Crippen LogP contribution in [-0.2, 0) is 0 Å². The maximum atomic E-state index is 10.5.